The minimum atomic E-state index is -0.168. The molecule has 4 rings (SSSR count). The first-order valence-electron chi connectivity index (χ1n) is 13.2. The molecule has 3 heterocycles. The van der Waals surface area contributed by atoms with E-state index in [9.17, 15) is 14.4 Å². The molecule has 1 aromatic heterocycles. The van der Waals surface area contributed by atoms with Gasteiger partial charge in [0.15, 0.2) is 5.82 Å². The molecule has 2 amide bonds. The fourth-order valence-electron chi connectivity index (χ4n) is 5.26. The van der Waals surface area contributed by atoms with E-state index in [1.165, 1.54) is 0 Å². The molecule has 2 aliphatic heterocycles. The average molecular weight is 498 g/mol. The van der Waals surface area contributed by atoms with Crippen molar-refractivity contribution in [1.29, 1.82) is 0 Å². The molecule has 2 fully saturated rings. The molecule has 1 aromatic carbocycles. The van der Waals surface area contributed by atoms with Crippen molar-refractivity contribution < 1.29 is 19.1 Å². The summed E-state index contributed by atoms with van der Waals surface area (Å²) in [7, 11) is 0. The van der Waals surface area contributed by atoms with Gasteiger partial charge in [-0.1, -0.05) is 26.0 Å². The zero-order valence-corrected chi connectivity index (χ0v) is 21.7. The molecule has 2 aliphatic rings. The van der Waals surface area contributed by atoms with Crippen LogP contribution in [0.4, 0.5) is 0 Å². The predicted octanol–water partition coefficient (Wildman–Crippen LogP) is 2.34. The quantitative estimate of drug-likeness (QED) is 0.571. The number of piperidine rings is 1. The summed E-state index contributed by atoms with van der Waals surface area (Å²) in [6.07, 6.45) is 1.75. The molecule has 36 heavy (non-hydrogen) atoms. The summed E-state index contributed by atoms with van der Waals surface area (Å²) >= 11 is 0. The number of imidazole rings is 1. The van der Waals surface area contributed by atoms with Crippen LogP contribution in [0.2, 0.25) is 0 Å². The number of para-hydroxylation sites is 2. The number of amides is 2. The molecule has 2 saturated heterocycles. The molecule has 0 spiro atoms. The van der Waals surface area contributed by atoms with Crippen molar-refractivity contribution in [1.82, 2.24) is 24.7 Å². The molecule has 2 atom stereocenters. The minimum absolute atomic E-state index is 0.103. The second-order valence-electron chi connectivity index (χ2n) is 10.4. The number of nitrogens with zero attached hydrogens (tertiary/aromatic N) is 4. The summed E-state index contributed by atoms with van der Waals surface area (Å²) in [5.41, 5.74) is 1.67. The second kappa shape index (κ2) is 12.0. The number of aryl methyl sites for hydroxylation is 1. The number of hydrogen-bond donors (Lipinski definition) is 1. The zero-order valence-electron chi connectivity index (χ0n) is 21.7. The third-order valence-corrected chi connectivity index (χ3v) is 7.02. The van der Waals surface area contributed by atoms with Crippen LogP contribution in [0.25, 0.3) is 11.0 Å². The predicted molar refractivity (Wildman–Crippen MR) is 138 cm³/mol. The molecular weight excluding hydrogens is 458 g/mol. The highest BCUT2D eigenvalue weighted by Crippen LogP contribution is 2.24. The Morgan fingerprint density at radius 1 is 1.17 bits per heavy atom. The van der Waals surface area contributed by atoms with E-state index in [-0.39, 0.29) is 35.5 Å². The molecule has 0 radical (unpaired) electrons. The number of carbonyl (C=O) groups excluding carboxylic acids is 3. The van der Waals surface area contributed by atoms with E-state index in [0.717, 1.165) is 11.0 Å². The fourth-order valence-corrected chi connectivity index (χ4v) is 5.26. The molecule has 196 valence electrons. The Balaban J connectivity index is 1.58. The van der Waals surface area contributed by atoms with E-state index in [0.29, 0.717) is 77.6 Å². The van der Waals surface area contributed by atoms with E-state index < -0.39 is 0 Å². The highest BCUT2D eigenvalue weighted by Gasteiger charge is 2.36. The van der Waals surface area contributed by atoms with E-state index >= 15 is 0 Å². The summed E-state index contributed by atoms with van der Waals surface area (Å²) in [6, 6.07) is 7.65. The van der Waals surface area contributed by atoms with Gasteiger partial charge < -0.3 is 29.2 Å². The lowest BCUT2D eigenvalue weighted by molar-refractivity contribution is -0.140. The standard InChI is InChI=1S/C27H39N5O4/c1-19(2)18-32(22-15-21(16-28-17-22)26(34)30-11-13-36-14-12-30)27(35)25-29-23-8-4-5-9-24(23)31(25)10-6-7-20(3)33/h4-5,8-9,19,21-22,28H,6-7,10-18H2,1-3H3. The Morgan fingerprint density at radius 2 is 1.92 bits per heavy atom. The highest BCUT2D eigenvalue weighted by atomic mass is 16.5. The number of ketones is 1. The van der Waals surface area contributed by atoms with Crippen molar-refractivity contribution in [2.75, 3.05) is 45.9 Å². The van der Waals surface area contributed by atoms with Crippen LogP contribution in [0.5, 0.6) is 0 Å². The topological polar surface area (TPSA) is 96.8 Å². The number of rotatable bonds is 9. The Kier molecular flexibility index (Phi) is 8.74. The van der Waals surface area contributed by atoms with Gasteiger partial charge in [-0.25, -0.2) is 4.98 Å². The van der Waals surface area contributed by atoms with Gasteiger partial charge in [-0.2, -0.15) is 0 Å². The zero-order chi connectivity index (χ0) is 25.7. The van der Waals surface area contributed by atoms with Crippen LogP contribution in [0.3, 0.4) is 0 Å². The van der Waals surface area contributed by atoms with Gasteiger partial charge in [0.2, 0.25) is 5.91 Å². The molecule has 0 bridgehead atoms. The van der Waals surface area contributed by atoms with E-state index in [1.54, 1.807) is 6.92 Å². The van der Waals surface area contributed by atoms with Crippen LogP contribution in [0.15, 0.2) is 24.3 Å². The average Bonchev–Trinajstić information content (AvgIpc) is 3.25. The molecule has 2 aromatic rings. The van der Waals surface area contributed by atoms with Crippen molar-refractivity contribution >= 4 is 28.6 Å². The van der Waals surface area contributed by atoms with E-state index in [1.807, 2.05) is 38.6 Å². The maximum Gasteiger partial charge on any atom is 0.290 e. The summed E-state index contributed by atoms with van der Waals surface area (Å²) in [4.78, 5) is 47.4. The lowest BCUT2D eigenvalue weighted by Crippen LogP contribution is -2.56. The molecule has 9 nitrogen and oxygen atoms in total. The summed E-state index contributed by atoms with van der Waals surface area (Å²) in [5, 5.41) is 3.42. The van der Waals surface area contributed by atoms with Gasteiger partial charge in [-0.3, -0.25) is 9.59 Å². The van der Waals surface area contributed by atoms with Crippen LogP contribution in [0.1, 0.15) is 50.7 Å². The van der Waals surface area contributed by atoms with Gasteiger partial charge >= 0.3 is 0 Å². The van der Waals surface area contributed by atoms with Gasteiger partial charge in [0.1, 0.15) is 5.78 Å². The Morgan fingerprint density at radius 3 is 2.64 bits per heavy atom. The van der Waals surface area contributed by atoms with Crippen molar-refractivity contribution in [2.45, 2.75) is 52.6 Å². The number of fused-ring (bicyclic) bond motifs is 1. The van der Waals surface area contributed by atoms with Crippen LogP contribution in [-0.2, 0) is 20.9 Å². The molecular formula is C27H39N5O4. The Bertz CT molecular complexity index is 1080. The summed E-state index contributed by atoms with van der Waals surface area (Å²) in [5.74, 6) is 0.663. The third-order valence-electron chi connectivity index (χ3n) is 7.02. The first-order valence-corrected chi connectivity index (χ1v) is 13.2. The number of Topliss-reactive ketones (excluding diaryl/α,β-unsaturated/α-hetero) is 1. The molecule has 1 N–H and O–H groups in total. The molecule has 2 unspecified atom stereocenters. The van der Waals surface area contributed by atoms with Crippen LogP contribution in [-0.4, -0.2) is 88.9 Å². The fraction of sp³-hybridized carbons (Fsp3) is 0.630. The lowest BCUT2D eigenvalue weighted by atomic mass is 9.92. The van der Waals surface area contributed by atoms with Gasteiger partial charge in [0.05, 0.1) is 30.2 Å². The van der Waals surface area contributed by atoms with E-state index in [4.69, 9.17) is 9.72 Å². The largest absolute Gasteiger partial charge is 0.378 e. The second-order valence-corrected chi connectivity index (χ2v) is 10.4. The van der Waals surface area contributed by atoms with Crippen molar-refractivity contribution in [3.63, 3.8) is 0 Å². The Labute approximate surface area is 213 Å². The van der Waals surface area contributed by atoms with Crippen molar-refractivity contribution in [3.05, 3.63) is 30.1 Å². The van der Waals surface area contributed by atoms with Gasteiger partial charge in [0.25, 0.3) is 5.91 Å². The Hall–Kier alpha value is -2.78. The molecule has 0 aliphatic carbocycles. The third kappa shape index (κ3) is 6.13. The number of hydrogen-bond acceptors (Lipinski definition) is 6. The van der Waals surface area contributed by atoms with Gasteiger partial charge in [-0.15, -0.1) is 0 Å². The maximum absolute atomic E-state index is 14.1. The maximum atomic E-state index is 14.1. The molecule has 9 heteroatoms. The smallest absolute Gasteiger partial charge is 0.290 e. The first-order chi connectivity index (χ1) is 17.3. The monoisotopic (exact) mass is 497 g/mol. The van der Waals surface area contributed by atoms with Crippen LogP contribution < -0.4 is 5.32 Å². The summed E-state index contributed by atoms with van der Waals surface area (Å²) < 4.78 is 7.37. The van der Waals surface area contributed by atoms with Crippen molar-refractivity contribution in [2.24, 2.45) is 11.8 Å². The highest BCUT2D eigenvalue weighted by molar-refractivity contribution is 5.95. The van der Waals surface area contributed by atoms with Gasteiger partial charge in [-0.05, 0) is 37.8 Å². The SMILES string of the molecule is CC(=O)CCCn1c(C(=O)N(CC(C)C)C2CNCC(C(=O)N3CCOCC3)C2)nc2ccccc21. The number of morpholine rings is 1. The molecule has 0 saturated carbocycles. The number of aromatic nitrogens is 2. The van der Waals surface area contributed by atoms with Crippen molar-refractivity contribution in [3.8, 4) is 0 Å². The van der Waals surface area contributed by atoms with Crippen LogP contribution >= 0.6 is 0 Å². The normalized spacial score (nSPS) is 20.6. The minimum Gasteiger partial charge on any atom is -0.378 e. The summed E-state index contributed by atoms with van der Waals surface area (Å²) in [6.45, 7) is 10.6. The van der Waals surface area contributed by atoms with E-state index in [2.05, 4.69) is 19.2 Å². The number of ether oxygens (including phenoxy) is 1. The number of nitrogens with one attached hydrogen (secondary N) is 1. The number of benzene rings is 1. The first kappa shape index (κ1) is 26.3. The van der Waals surface area contributed by atoms with Gasteiger partial charge in [0, 0.05) is 51.7 Å². The lowest BCUT2D eigenvalue weighted by Gasteiger charge is -2.40. The number of carbonyl (C=O) groups is 3. The van der Waals surface area contributed by atoms with Crippen LogP contribution in [0, 0.1) is 11.8 Å².